The van der Waals surface area contributed by atoms with E-state index in [9.17, 15) is 16.8 Å². The molecule has 7 nitrogen and oxygen atoms in total. The Hall–Kier alpha value is -2.59. The van der Waals surface area contributed by atoms with E-state index >= 15 is 0 Å². The van der Waals surface area contributed by atoms with Crippen molar-refractivity contribution in [3.63, 3.8) is 0 Å². The molecule has 0 saturated carbocycles. The predicted octanol–water partition coefficient (Wildman–Crippen LogP) is 3.99. The zero-order chi connectivity index (χ0) is 23.5. The molecule has 0 aliphatic rings. The molecular formula is C22H23ClN2O5S2. The number of rotatable bonds is 8. The van der Waals surface area contributed by atoms with Gasteiger partial charge < -0.3 is 4.74 Å². The number of methoxy groups -OCH3 is 1. The summed E-state index contributed by atoms with van der Waals surface area (Å²) in [6.45, 7) is 0.170. The molecule has 0 radical (unpaired) electrons. The fraction of sp³-hybridized carbons (Fsp3) is 0.182. The van der Waals surface area contributed by atoms with E-state index in [1.165, 1.54) is 68.0 Å². The third-order valence-corrected chi connectivity index (χ3v) is 8.75. The van der Waals surface area contributed by atoms with E-state index < -0.39 is 20.0 Å². The van der Waals surface area contributed by atoms with Gasteiger partial charge in [-0.25, -0.2) is 16.8 Å². The Balaban J connectivity index is 2.00. The Morgan fingerprint density at radius 3 is 2.00 bits per heavy atom. The molecule has 0 amide bonds. The highest BCUT2D eigenvalue weighted by Crippen LogP contribution is 2.34. The number of anilines is 1. The molecule has 0 aliphatic heterocycles. The number of hydrogen-bond donors (Lipinski definition) is 0. The van der Waals surface area contributed by atoms with Gasteiger partial charge in [-0.3, -0.25) is 4.31 Å². The van der Waals surface area contributed by atoms with Crippen LogP contribution in [-0.4, -0.2) is 42.3 Å². The normalized spacial score (nSPS) is 12.0. The molecule has 0 N–H and O–H groups in total. The molecule has 0 aliphatic carbocycles. The van der Waals surface area contributed by atoms with Gasteiger partial charge in [-0.2, -0.15) is 4.31 Å². The van der Waals surface area contributed by atoms with Crippen LogP contribution in [0.5, 0.6) is 5.75 Å². The standard InChI is InChI=1S/C22H23ClN2O5S2/c1-24(16-17-7-5-4-6-8-17)31(26,27)20-13-14-22(30-3)21(15-20)25(2)32(28,29)19-11-9-18(23)10-12-19/h4-15H,16H2,1-3H3. The maximum Gasteiger partial charge on any atom is 0.264 e. The smallest absolute Gasteiger partial charge is 0.264 e. The van der Waals surface area contributed by atoms with Crippen LogP contribution in [0, 0.1) is 0 Å². The van der Waals surface area contributed by atoms with Crippen LogP contribution in [-0.2, 0) is 26.6 Å². The Labute approximate surface area is 193 Å². The summed E-state index contributed by atoms with van der Waals surface area (Å²) in [7, 11) is -3.68. The van der Waals surface area contributed by atoms with Gasteiger partial charge in [0, 0.05) is 25.7 Å². The molecule has 3 aromatic rings. The van der Waals surface area contributed by atoms with E-state index in [2.05, 4.69) is 0 Å². The molecule has 3 rings (SSSR count). The van der Waals surface area contributed by atoms with Gasteiger partial charge in [-0.1, -0.05) is 41.9 Å². The van der Waals surface area contributed by atoms with Crippen molar-refractivity contribution in [3.8, 4) is 5.75 Å². The first kappa shape index (κ1) is 24.1. The summed E-state index contributed by atoms with van der Waals surface area (Å²) in [4.78, 5) is -0.0363. The summed E-state index contributed by atoms with van der Waals surface area (Å²) < 4.78 is 60.1. The summed E-state index contributed by atoms with van der Waals surface area (Å²) in [5.41, 5.74) is 0.923. The fourth-order valence-corrected chi connectivity index (χ4v) is 5.58. The zero-order valence-electron chi connectivity index (χ0n) is 17.8. The molecule has 170 valence electrons. The van der Waals surface area contributed by atoms with Crippen molar-refractivity contribution in [1.29, 1.82) is 0 Å². The van der Waals surface area contributed by atoms with Crippen molar-refractivity contribution >= 4 is 37.3 Å². The van der Waals surface area contributed by atoms with Crippen LogP contribution in [0.2, 0.25) is 5.02 Å². The highest BCUT2D eigenvalue weighted by Gasteiger charge is 2.27. The highest BCUT2D eigenvalue weighted by atomic mass is 35.5. The first-order valence-electron chi connectivity index (χ1n) is 9.50. The van der Waals surface area contributed by atoms with Gasteiger partial charge in [0.2, 0.25) is 10.0 Å². The molecule has 0 saturated heterocycles. The zero-order valence-corrected chi connectivity index (χ0v) is 20.2. The third kappa shape index (κ3) is 4.91. The second kappa shape index (κ2) is 9.50. The van der Waals surface area contributed by atoms with E-state index in [-0.39, 0.29) is 27.8 Å². The largest absolute Gasteiger partial charge is 0.495 e. The van der Waals surface area contributed by atoms with E-state index in [1.54, 1.807) is 0 Å². The molecule has 3 aromatic carbocycles. The van der Waals surface area contributed by atoms with Crippen LogP contribution in [0.15, 0.2) is 82.6 Å². The van der Waals surface area contributed by atoms with E-state index in [0.29, 0.717) is 5.02 Å². The minimum absolute atomic E-state index is 0.0147. The van der Waals surface area contributed by atoms with Gasteiger partial charge in [0.05, 0.1) is 22.6 Å². The Morgan fingerprint density at radius 1 is 0.812 bits per heavy atom. The van der Waals surface area contributed by atoms with E-state index in [4.69, 9.17) is 16.3 Å². The van der Waals surface area contributed by atoms with Crippen molar-refractivity contribution in [1.82, 2.24) is 4.31 Å². The molecule has 0 atom stereocenters. The first-order chi connectivity index (χ1) is 15.1. The monoisotopic (exact) mass is 494 g/mol. The van der Waals surface area contributed by atoms with E-state index in [0.717, 1.165) is 9.87 Å². The number of ether oxygens (including phenoxy) is 1. The second-order valence-corrected chi connectivity index (χ2v) is 11.5. The molecule has 0 bridgehead atoms. The summed E-state index contributed by atoms with van der Waals surface area (Å²) in [6.07, 6.45) is 0. The lowest BCUT2D eigenvalue weighted by molar-refractivity contribution is 0.415. The topological polar surface area (TPSA) is 84.0 Å². The summed E-state index contributed by atoms with van der Waals surface area (Å²) in [5.74, 6) is 0.217. The van der Waals surface area contributed by atoms with E-state index in [1.807, 2.05) is 30.3 Å². The quantitative estimate of drug-likeness (QED) is 0.472. The Morgan fingerprint density at radius 2 is 1.41 bits per heavy atom. The maximum atomic E-state index is 13.2. The number of sulfonamides is 2. The lowest BCUT2D eigenvalue weighted by Gasteiger charge is -2.23. The Bertz CT molecular complexity index is 1300. The molecule has 32 heavy (non-hydrogen) atoms. The maximum absolute atomic E-state index is 13.2. The SMILES string of the molecule is COc1ccc(S(=O)(=O)N(C)Cc2ccccc2)cc1N(C)S(=O)(=O)c1ccc(Cl)cc1. The van der Waals surface area contributed by atoms with Crippen molar-refractivity contribution in [3.05, 3.63) is 83.4 Å². The molecular weight excluding hydrogens is 472 g/mol. The molecule has 0 aromatic heterocycles. The molecule has 0 heterocycles. The lowest BCUT2D eigenvalue weighted by Crippen LogP contribution is -2.29. The molecule has 0 fully saturated rings. The lowest BCUT2D eigenvalue weighted by atomic mass is 10.2. The number of benzene rings is 3. The number of hydrogen-bond acceptors (Lipinski definition) is 5. The van der Waals surface area contributed by atoms with Crippen LogP contribution in [0.25, 0.3) is 0 Å². The summed E-state index contributed by atoms with van der Waals surface area (Å²) >= 11 is 5.86. The van der Waals surface area contributed by atoms with Gasteiger partial charge in [0.15, 0.2) is 0 Å². The van der Waals surface area contributed by atoms with Crippen molar-refractivity contribution < 1.29 is 21.6 Å². The van der Waals surface area contributed by atoms with Gasteiger partial charge in [0.1, 0.15) is 5.75 Å². The van der Waals surface area contributed by atoms with Crippen LogP contribution >= 0.6 is 11.6 Å². The molecule has 0 spiro atoms. The summed E-state index contributed by atoms with van der Waals surface area (Å²) in [5, 5.41) is 0.402. The van der Waals surface area contributed by atoms with Crippen LogP contribution in [0.1, 0.15) is 5.56 Å². The van der Waals surface area contributed by atoms with Gasteiger partial charge in [-0.15, -0.1) is 0 Å². The third-order valence-electron chi connectivity index (χ3n) is 4.92. The van der Waals surface area contributed by atoms with Gasteiger partial charge in [0.25, 0.3) is 10.0 Å². The predicted molar refractivity (Wildman–Crippen MR) is 125 cm³/mol. The summed E-state index contributed by atoms with van der Waals surface area (Å²) in [6, 6.07) is 19.0. The number of nitrogens with zero attached hydrogens (tertiary/aromatic N) is 2. The average molecular weight is 495 g/mol. The number of halogens is 1. The van der Waals surface area contributed by atoms with Crippen molar-refractivity contribution in [2.24, 2.45) is 0 Å². The Kier molecular flexibility index (Phi) is 7.14. The average Bonchev–Trinajstić information content (AvgIpc) is 2.79. The second-order valence-electron chi connectivity index (χ2n) is 7.01. The van der Waals surface area contributed by atoms with Crippen molar-refractivity contribution in [2.45, 2.75) is 16.3 Å². The fourth-order valence-electron chi connectivity index (χ4n) is 3.08. The van der Waals surface area contributed by atoms with Crippen LogP contribution < -0.4 is 9.04 Å². The van der Waals surface area contributed by atoms with Gasteiger partial charge in [-0.05, 0) is 48.0 Å². The van der Waals surface area contributed by atoms with Crippen LogP contribution in [0.4, 0.5) is 5.69 Å². The molecule has 0 unspecified atom stereocenters. The van der Waals surface area contributed by atoms with Crippen molar-refractivity contribution in [2.75, 3.05) is 25.5 Å². The molecule has 10 heteroatoms. The minimum Gasteiger partial charge on any atom is -0.495 e. The van der Waals surface area contributed by atoms with Gasteiger partial charge >= 0.3 is 0 Å². The highest BCUT2D eigenvalue weighted by molar-refractivity contribution is 7.92. The first-order valence-corrected chi connectivity index (χ1v) is 12.8. The minimum atomic E-state index is -3.99. The van der Waals surface area contributed by atoms with Crippen LogP contribution in [0.3, 0.4) is 0 Å².